The molecule has 1 saturated carbocycles. The van der Waals surface area contributed by atoms with E-state index in [1.54, 1.807) is 0 Å². The first-order chi connectivity index (χ1) is 17.6. The minimum atomic E-state index is -0.00119. The van der Waals surface area contributed by atoms with Crippen molar-refractivity contribution in [1.82, 2.24) is 30.1 Å². The van der Waals surface area contributed by atoms with Gasteiger partial charge in [-0.2, -0.15) is 0 Å². The predicted molar refractivity (Wildman–Crippen MR) is 143 cm³/mol. The number of aromatic nitrogens is 5. The molecule has 1 atom stereocenters. The number of para-hydroxylation sites is 1. The highest BCUT2D eigenvalue weighted by Crippen LogP contribution is 2.34. The lowest BCUT2D eigenvalue weighted by molar-refractivity contribution is 0.108. The van der Waals surface area contributed by atoms with Gasteiger partial charge in [-0.1, -0.05) is 74.7 Å². The van der Waals surface area contributed by atoms with Gasteiger partial charge in [-0.25, -0.2) is 4.68 Å². The molecule has 2 aromatic carbocycles. The van der Waals surface area contributed by atoms with E-state index in [2.05, 4.69) is 74.8 Å². The number of benzene rings is 2. The first-order valence-corrected chi connectivity index (χ1v) is 13.3. The topological polar surface area (TPSA) is 79.7 Å². The van der Waals surface area contributed by atoms with Crippen LogP contribution in [0.3, 0.4) is 0 Å². The summed E-state index contributed by atoms with van der Waals surface area (Å²) in [6.07, 6.45) is 7.61. The van der Waals surface area contributed by atoms with E-state index in [9.17, 15) is 4.79 Å². The number of hydrogen-bond acceptors (Lipinski definition) is 5. The fourth-order valence-electron chi connectivity index (χ4n) is 5.68. The molecule has 7 heteroatoms. The largest absolute Gasteiger partial charge is 0.321 e. The molecule has 0 spiro atoms. The molecular formula is C29H36N6O. The van der Waals surface area contributed by atoms with Crippen LogP contribution < -0.4 is 5.56 Å². The van der Waals surface area contributed by atoms with E-state index in [0.29, 0.717) is 12.6 Å². The molecule has 36 heavy (non-hydrogen) atoms. The van der Waals surface area contributed by atoms with Crippen LogP contribution in [0.4, 0.5) is 0 Å². The molecule has 0 amide bonds. The molecular weight excluding hydrogens is 448 g/mol. The predicted octanol–water partition coefficient (Wildman–Crippen LogP) is 5.35. The molecule has 4 aromatic rings. The van der Waals surface area contributed by atoms with Crippen molar-refractivity contribution in [3.05, 3.63) is 87.5 Å². The molecule has 1 aliphatic rings. The fraction of sp³-hybridized carbons (Fsp3) is 0.448. The van der Waals surface area contributed by atoms with Gasteiger partial charge in [-0.05, 0) is 65.6 Å². The highest BCUT2D eigenvalue weighted by Gasteiger charge is 2.33. The van der Waals surface area contributed by atoms with Crippen molar-refractivity contribution in [2.24, 2.45) is 0 Å². The van der Waals surface area contributed by atoms with E-state index < -0.39 is 0 Å². The fourth-order valence-corrected chi connectivity index (χ4v) is 5.68. The molecule has 0 aliphatic heterocycles. The monoisotopic (exact) mass is 484 g/mol. The van der Waals surface area contributed by atoms with Gasteiger partial charge >= 0.3 is 0 Å². The Morgan fingerprint density at radius 2 is 1.92 bits per heavy atom. The summed E-state index contributed by atoms with van der Waals surface area (Å²) in [4.78, 5) is 18.9. The molecule has 1 aliphatic carbocycles. The Morgan fingerprint density at radius 1 is 1.11 bits per heavy atom. The molecule has 1 fully saturated rings. The Hall–Kier alpha value is -3.32. The number of H-pyrrole nitrogens is 1. The van der Waals surface area contributed by atoms with Gasteiger partial charge in [0.05, 0.1) is 11.6 Å². The van der Waals surface area contributed by atoms with E-state index in [1.165, 1.54) is 18.4 Å². The van der Waals surface area contributed by atoms with Gasteiger partial charge in [-0.15, -0.1) is 5.10 Å². The quantitative estimate of drug-likeness (QED) is 0.328. The molecule has 0 bridgehead atoms. The minimum absolute atomic E-state index is 0.00119. The van der Waals surface area contributed by atoms with Gasteiger partial charge in [0.15, 0.2) is 5.82 Å². The van der Waals surface area contributed by atoms with Crippen LogP contribution in [0, 0.1) is 6.92 Å². The van der Waals surface area contributed by atoms with Crippen molar-refractivity contribution in [2.75, 3.05) is 0 Å². The number of aryl methyl sites for hydroxylation is 3. The van der Waals surface area contributed by atoms with Crippen LogP contribution in [0.1, 0.15) is 74.0 Å². The summed E-state index contributed by atoms with van der Waals surface area (Å²) in [5, 5.41) is 14.1. The normalized spacial score (nSPS) is 15.2. The van der Waals surface area contributed by atoms with E-state index in [1.807, 2.05) is 23.7 Å². The maximum absolute atomic E-state index is 13.2. The van der Waals surface area contributed by atoms with E-state index in [0.717, 1.165) is 66.5 Å². The van der Waals surface area contributed by atoms with Gasteiger partial charge in [-0.3, -0.25) is 9.69 Å². The highest BCUT2D eigenvalue weighted by atomic mass is 16.1. The molecule has 2 heterocycles. The lowest BCUT2D eigenvalue weighted by atomic mass is 10.0. The molecule has 0 radical (unpaired) electrons. The first kappa shape index (κ1) is 24.4. The number of aromatic amines is 1. The number of hydrogen-bond donors (Lipinski definition) is 1. The SMILES string of the molecule is CCCC(c1nnnn1CCc1ccccc1)N(Cc1cc2cccc(C)c2[nH]c1=O)C1CCCC1. The van der Waals surface area contributed by atoms with E-state index in [-0.39, 0.29) is 11.6 Å². The van der Waals surface area contributed by atoms with Crippen molar-refractivity contribution in [1.29, 1.82) is 0 Å². The number of pyridine rings is 1. The smallest absolute Gasteiger partial charge is 0.252 e. The Balaban J connectivity index is 1.47. The maximum atomic E-state index is 13.2. The summed E-state index contributed by atoms with van der Waals surface area (Å²) in [6, 6.07) is 19.2. The van der Waals surface area contributed by atoms with Gasteiger partial charge < -0.3 is 4.98 Å². The number of tetrazole rings is 1. The number of rotatable bonds is 10. The van der Waals surface area contributed by atoms with Crippen LogP contribution in [0.25, 0.3) is 10.9 Å². The summed E-state index contributed by atoms with van der Waals surface area (Å²) < 4.78 is 1.98. The number of fused-ring (bicyclic) bond motifs is 1. The van der Waals surface area contributed by atoms with Crippen LogP contribution >= 0.6 is 0 Å². The second-order valence-corrected chi connectivity index (χ2v) is 10.1. The van der Waals surface area contributed by atoms with E-state index in [4.69, 9.17) is 0 Å². The Morgan fingerprint density at radius 3 is 2.69 bits per heavy atom. The summed E-state index contributed by atoms with van der Waals surface area (Å²) in [5.74, 6) is 0.910. The summed E-state index contributed by atoms with van der Waals surface area (Å²) in [5.41, 5.74) is 4.10. The molecule has 1 unspecified atom stereocenters. The third-order valence-corrected chi connectivity index (χ3v) is 7.59. The highest BCUT2D eigenvalue weighted by molar-refractivity contribution is 5.81. The molecule has 1 N–H and O–H groups in total. The Bertz CT molecular complexity index is 1340. The maximum Gasteiger partial charge on any atom is 0.252 e. The van der Waals surface area contributed by atoms with E-state index >= 15 is 0 Å². The van der Waals surface area contributed by atoms with Gasteiger partial charge in [0.25, 0.3) is 5.56 Å². The van der Waals surface area contributed by atoms with Crippen LogP contribution in [0.2, 0.25) is 0 Å². The van der Waals surface area contributed by atoms with Gasteiger partial charge in [0.1, 0.15) is 0 Å². The summed E-state index contributed by atoms with van der Waals surface area (Å²) in [7, 11) is 0. The standard InChI is InChI=1S/C29H36N6O/c1-3-10-26(28-31-32-33-35(28)18-17-22-12-5-4-6-13-22)34(25-15-7-8-16-25)20-24-19-23-14-9-11-21(2)27(23)30-29(24)36/h4-6,9,11-14,19,25-26H,3,7-8,10,15-18,20H2,1-2H3,(H,30,36). The molecule has 5 rings (SSSR count). The Kier molecular flexibility index (Phi) is 7.56. The number of nitrogens with one attached hydrogen (secondary N) is 1. The Labute approximate surface area is 212 Å². The van der Waals surface area contributed by atoms with Crippen LogP contribution in [0.15, 0.2) is 59.4 Å². The van der Waals surface area contributed by atoms with Crippen molar-refractivity contribution in [3.8, 4) is 0 Å². The molecule has 188 valence electrons. The average molecular weight is 485 g/mol. The summed E-state index contributed by atoms with van der Waals surface area (Å²) in [6.45, 7) is 5.58. The number of nitrogens with zero attached hydrogens (tertiary/aromatic N) is 5. The van der Waals surface area contributed by atoms with Crippen molar-refractivity contribution in [2.45, 2.75) is 84.0 Å². The summed E-state index contributed by atoms with van der Waals surface area (Å²) >= 11 is 0. The van der Waals surface area contributed by atoms with Crippen LogP contribution in [0.5, 0.6) is 0 Å². The second kappa shape index (κ2) is 11.2. The second-order valence-electron chi connectivity index (χ2n) is 10.1. The zero-order valence-corrected chi connectivity index (χ0v) is 21.4. The third kappa shape index (κ3) is 5.26. The lowest BCUT2D eigenvalue weighted by Gasteiger charge is -2.35. The molecule has 0 saturated heterocycles. The van der Waals surface area contributed by atoms with Crippen molar-refractivity contribution >= 4 is 10.9 Å². The zero-order chi connectivity index (χ0) is 24.9. The third-order valence-electron chi connectivity index (χ3n) is 7.59. The molecule has 7 nitrogen and oxygen atoms in total. The minimum Gasteiger partial charge on any atom is -0.321 e. The van der Waals surface area contributed by atoms with Crippen LogP contribution in [-0.4, -0.2) is 36.1 Å². The van der Waals surface area contributed by atoms with Crippen molar-refractivity contribution < 1.29 is 0 Å². The van der Waals surface area contributed by atoms with Crippen molar-refractivity contribution in [3.63, 3.8) is 0 Å². The molecule has 2 aromatic heterocycles. The zero-order valence-electron chi connectivity index (χ0n) is 21.4. The van der Waals surface area contributed by atoms with Gasteiger partial charge in [0.2, 0.25) is 0 Å². The first-order valence-electron chi connectivity index (χ1n) is 13.3. The lowest BCUT2D eigenvalue weighted by Crippen LogP contribution is -2.39. The average Bonchev–Trinajstić information content (AvgIpc) is 3.59. The van der Waals surface area contributed by atoms with Crippen LogP contribution in [-0.2, 0) is 19.5 Å². The van der Waals surface area contributed by atoms with Gasteiger partial charge in [0, 0.05) is 24.7 Å².